The van der Waals surface area contributed by atoms with Gasteiger partial charge in [-0.2, -0.15) is 0 Å². The van der Waals surface area contributed by atoms with Crippen molar-refractivity contribution < 1.29 is 4.79 Å². The maximum absolute atomic E-state index is 12.1. The highest BCUT2D eigenvalue weighted by atomic mass is 35.5. The molecule has 2 atom stereocenters. The first kappa shape index (κ1) is 19.4. The number of amides is 1. The number of aromatic nitrogens is 1. The van der Waals surface area contributed by atoms with Gasteiger partial charge >= 0.3 is 0 Å². The van der Waals surface area contributed by atoms with Crippen molar-refractivity contribution in [2.75, 3.05) is 18.0 Å². The highest BCUT2D eigenvalue weighted by Crippen LogP contribution is 2.39. The van der Waals surface area contributed by atoms with Gasteiger partial charge in [-0.15, -0.1) is 0 Å². The predicted molar refractivity (Wildman–Crippen MR) is 124 cm³/mol. The third-order valence-corrected chi connectivity index (χ3v) is 6.76. The summed E-state index contributed by atoms with van der Waals surface area (Å²) in [5, 5.41) is 5.65. The monoisotopic (exact) mass is 419 g/mol. The Balaban J connectivity index is 1.28. The smallest absolute Gasteiger partial charge is 0.223 e. The highest BCUT2D eigenvalue weighted by Gasteiger charge is 2.31. The molecule has 0 radical (unpaired) electrons. The molecule has 1 amide bonds. The van der Waals surface area contributed by atoms with Crippen LogP contribution in [0.4, 0.5) is 5.69 Å². The van der Waals surface area contributed by atoms with E-state index in [-0.39, 0.29) is 5.91 Å². The summed E-state index contributed by atoms with van der Waals surface area (Å²) in [6.07, 6.45) is 7.59. The van der Waals surface area contributed by atoms with E-state index in [2.05, 4.69) is 46.8 Å². The van der Waals surface area contributed by atoms with Crippen molar-refractivity contribution in [1.82, 2.24) is 10.3 Å². The molecule has 5 rings (SSSR count). The second-order valence-electron chi connectivity index (χ2n) is 8.39. The van der Waals surface area contributed by atoms with Crippen LogP contribution in [0.3, 0.4) is 0 Å². The SMILES string of the molecule is CC(=O)N1C[C@@H](CCC2CC(c3c[nH]c4cc(Cl)ccc34)=CCN2)c2ccccc21. The van der Waals surface area contributed by atoms with Gasteiger partial charge < -0.3 is 15.2 Å². The fraction of sp³-hybridized carbons (Fsp3) is 0.320. The second kappa shape index (κ2) is 7.93. The molecule has 5 heteroatoms. The zero-order valence-corrected chi connectivity index (χ0v) is 17.9. The molecule has 3 aromatic rings. The standard InChI is InChI=1S/C25H26ClN3O/c1-16(30)29-15-18(21-4-2-3-5-25(21)29)6-8-20-12-17(10-11-27-20)23-14-28-24-13-19(26)7-9-22(23)24/h2-5,7,9-10,13-14,18,20,27-28H,6,8,11-12,15H2,1H3/t18-,20?/m1/s1. The summed E-state index contributed by atoms with van der Waals surface area (Å²) in [6.45, 7) is 3.35. The number of carbonyl (C=O) groups excluding carboxylic acids is 1. The number of nitrogens with one attached hydrogen (secondary N) is 2. The Hall–Kier alpha value is -2.56. The van der Waals surface area contributed by atoms with Gasteiger partial charge in [-0.05, 0) is 48.6 Å². The van der Waals surface area contributed by atoms with Crippen molar-refractivity contribution >= 4 is 39.7 Å². The average molecular weight is 420 g/mol. The maximum Gasteiger partial charge on any atom is 0.223 e. The number of para-hydroxylation sites is 1. The largest absolute Gasteiger partial charge is 0.361 e. The van der Waals surface area contributed by atoms with E-state index < -0.39 is 0 Å². The average Bonchev–Trinajstić information content (AvgIpc) is 3.34. The zero-order valence-electron chi connectivity index (χ0n) is 17.1. The lowest BCUT2D eigenvalue weighted by atomic mass is 9.89. The van der Waals surface area contributed by atoms with Crippen molar-refractivity contribution in [2.24, 2.45) is 0 Å². The van der Waals surface area contributed by atoms with Gasteiger partial charge in [0.05, 0.1) is 0 Å². The van der Waals surface area contributed by atoms with E-state index in [1.165, 1.54) is 22.1 Å². The number of aromatic amines is 1. The van der Waals surface area contributed by atoms with Crippen LogP contribution in [0.15, 0.2) is 54.7 Å². The van der Waals surface area contributed by atoms with Gasteiger partial charge in [0.1, 0.15) is 0 Å². The number of anilines is 1. The number of rotatable bonds is 4. The molecule has 1 aromatic heterocycles. The summed E-state index contributed by atoms with van der Waals surface area (Å²) >= 11 is 6.14. The van der Waals surface area contributed by atoms with E-state index in [1.54, 1.807) is 6.92 Å². The molecule has 154 valence electrons. The van der Waals surface area contributed by atoms with Crippen molar-refractivity contribution in [1.29, 1.82) is 0 Å². The summed E-state index contributed by atoms with van der Waals surface area (Å²) in [4.78, 5) is 17.3. The molecule has 0 fully saturated rings. The van der Waals surface area contributed by atoms with Crippen LogP contribution in [-0.2, 0) is 4.79 Å². The van der Waals surface area contributed by atoms with Crippen molar-refractivity contribution in [3.05, 3.63) is 70.9 Å². The van der Waals surface area contributed by atoms with Crippen molar-refractivity contribution in [3.8, 4) is 0 Å². The Morgan fingerprint density at radius 1 is 1.20 bits per heavy atom. The van der Waals surface area contributed by atoms with Crippen LogP contribution >= 0.6 is 11.6 Å². The number of benzene rings is 2. The topological polar surface area (TPSA) is 48.1 Å². The zero-order chi connectivity index (χ0) is 20.7. The van der Waals surface area contributed by atoms with Gasteiger partial charge in [-0.3, -0.25) is 4.79 Å². The van der Waals surface area contributed by atoms with E-state index in [1.807, 2.05) is 23.1 Å². The minimum atomic E-state index is 0.130. The van der Waals surface area contributed by atoms with Crippen LogP contribution in [0.25, 0.3) is 16.5 Å². The molecule has 0 aliphatic carbocycles. The quantitative estimate of drug-likeness (QED) is 0.586. The van der Waals surface area contributed by atoms with Crippen LogP contribution in [0.2, 0.25) is 5.02 Å². The Morgan fingerprint density at radius 3 is 2.93 bits per heavy atom. The molecule has 2 aliphatic rings. The summed E-state index contributed by atoms with van der Waals surface area (Å²) in [6, 6.07) is 14.8. The van der Waals surface area contributed by atoms with Gasteiger partial charge in [-0.25, -0.2) is 0 Å². The summed E-state index contributed by atoms with van der Waals surface area (Å²) in [7, 11) is 0. The van der Waals surface area contributed by atoms with E-state index in [0.29, 0.717) is 12.0 Å². The van der Waals surface area contributed by atoms with Crippen LogP contribution in [0.1, 0.15) is 43.2 Å². The van der Waals surface area contributed by atoms with Crippen LogP contribution in [0.5, 0.6) is 0 Å². The number of fused-ring (bicyclic) bond motifs is 2. The van der Waals surface area contributed by atoms with Gasteiger partial charge in [-0.1, -0.05) is 41.9 Å². The number of H-pyrrole nitrogens is 1. The van der Waals surface area contributed by atoms with E-state index in [9.17, 15) is 4.79 Å². The van der Waals surface area contributed by atoms with Gasteiger partial charge in [0.15, 0.2) is 0 Å². The molecule has 4 nitrogen and oxygen atoms in total. The molecule has 2 aromatic carbocycles. The Labute approximate surface area is 181 Å². The molecule has 2 aliphatic heterocycles. The lowest BCUT2D eigenvalue weighted by Crippen LogP contribution is -2.33. The third-order valence-electron chi connectivity index (χ3n) is 6.53. The fourth-order valence-corrected chi connectivity index (χ4v) is 5.17. The lowest BCUT2D eigenvalue weighted by molar-refractivity contribution is -0.116. The number of hydrogen-bond acceptors (Lipinski definition) is 2. The molecule has 0 saturated heterocycles. The maximum atomic E-state index is 12.1. The Bertz CT molecular complexity index is 1130. The number of carbonyl (C=O) groups is 1. The molecule has 2 N–H and O–H groups in total. The Morgan fingerprint density at radius 2 is 2.07 bits per heavy atom. The molecule has 30 heavy (non-hydrogen) atoms. The third kappa shape index (κ3) is 3.55. The van der Waals surface area contributed by atoms with Crippen molar-refractivity contribution in [3.63, 3.8) is 0 Å². The summed E-state index contributed by atoms with van der Waals surface area (Å²) in [5.41, 5.74) is 6.16. The first-order valence-electron chi connectivity index (χ1n) is 10.7. The molecular weight excluding hydrogens is 394 g/mol. The van der Waals surface area contributed by atoms with Crippen LogP contribution < -0.4 is 10.2 Å². The molecule has 0 saturated carbocycles. The number of nitrogens with zero attached hydrogens (tertiary/aromatic N) is 1. The minimum absolute atomic E-state index is 0.130. The van der Waals surface area contributed by atoms with E-state index in [0.717, 1.165) is 48.6 Å². The molecule has 1 unspecified atom stereocenters. The lowest BCUT2D eigenvalue weighted by Gasteiger charge is -2.25. The molecule has 0 spiro atoms. The Kier molecular flexibility index (Phi) is 5.13. The van der Waals surface area contributed by atoms with Gasteiger partial charge in [0, 0.05) is 65.3 Å². The minimum Gasteiger partial charge on any atom is -0.361 e. The summed E-state index contributed by atoms with van der Waals surface area (Å²) in [5.74, 6) is 0.543. The van der Waals surface area contributed by atoms with E-state index >= 15 is 0 Å². The van der Waals surface area contributed by atoms with E-state index in [4.69, 9.17) is 11.6 Å². The molecule has 3 heterocycles. The van der Waals surface area contributed by atoms with Crippen LogP contribution in [0, 0.1) is 0 Å². The van der Waals surface area contributed by atoms with Gasteiger partial charge in [0.25, 0.3) is 0 Å². The normalized spacial score (nSPS) is 21.0. The molecular formula is C25H26ClN3O. The first-order chi connectivity index (χ1) is 14.6. The first-order valence-corrected chi connectivity index (χ1v) is 11.0. The highest BCUT2D eigenvalue weighted by molar-refractivity contribution is 6.31. The van der Waals surface area contributed by atoms with Gasteiger partial charge in [0.2, 0.25) is 5.91 Å². The predicted octanol–water partition coefficient (Wildman–Crippen LogP) is 5.50. The van der Waals surface area contributed by atoms with Crippen molar-refractivity contribution in [2.45, 2.75) is 38.1 Å². The second-order valence-corrected chi connectivity index (χ2v) is 8.83. The summed E-state index contributed by atoms with van der Waals surface area (Å²) < 4.78 is 0. The fourth-order valence-electron chi connectivity index (χ4n) is 5.00. The number of halogens is 1. The molecule has 0 bridgehead atoms. The van der Waals surface area contributed by atoms with Crippen LogP contribution in [-0.4, -0.2) is 30.0 Å². The number of hydrogen-bond donors (Lipinski definition) is 2.